The minimum Gasteiger partial charge on any atom is -0.323 e. The zero-order valence-electron chi connectivity index (χ0n) is 10.9. The fourth-order valence-electron chi connectivity index (χ4n) is 2.53. The maximum Gasteiger partial charge on any atom is 0.325 e. The Morgan fingerprint density at radius 3 is 2.58 bits per heavy atom. The second-order valence-electron chi connectivity index (χ2n) is 4.83. The standard InChI is InChI=1S/C14H19N3O2/c1-3-5-11(4-2)10-17-12(18)14(16-13(17)19)6-8-15-9-7-14/h3-5,15H,1-2,6-10H2,(H,16,19)/b11-5+. The van der Waals surface area contributed by atoms with Crippen LogP contribution >= 0.6 is 0 Å². The van der Waals surface area contributed by atoms with Crippen molar-refractivity contribution in [2.45, 2.75) is 18.4 Å². The molecule has 0 radical (unpaired) electrons. The van der Waals surface area contributed by atoms with E-state index in [4.69, 9.17) is 0 Å². The lowest BCUT2D eigenvalue weighted by molar-refractivity contribution is -0.131. The molecule has 2 aliphatic rings. The second-order valence-corrected chi connectivity index (χ2v) is 4.83. The van der Waals surface area contributed by atoms with E-state index in [2.05, 4.69) is 23.8 Å². The molecule has 2 heterocycles. The number of carbonyl (C=O) groups is 2. The number of allylic oxidation sites excluding steroid dienone is 2. The van der Waals surface area contributed by atoms with E-state index in [1.807, 2.05) is 0 Å². The van der Waals surface area contributed by atoms with Gasteiger partial charge < -0.3 is 10.6 Å². The largest absolute Gasteiger partial charge is 0.325 e. The average molecular weight is 261 g/mol. The first-order valence-corrected chi connectivity index (χ1v) is 6.42. The average Bonchev–Trinajstić information content (AvgIpc) is 2.63. The second kappa shape index (κ2) is 5.40. The summed E-state index contributed by atoms with van der Waals surface area (Å²) in [5.41, 5.74) is 0.0903. The zero-order chi connectivity index (χ0) is 13.9. The first kappa shape index (κ1) is 13.5. The van der Waals surface area contributed by atoms with Crippen molar-refractivity contribution in [2.24, 2.45) is 0 Å². The third-order valence-corrected chi connectivity index (χ3v) is 3.64. The lowest BCUT2D eigenvalue weighted by Gasteiger charge is -2.31. The topological polar surface area (TPSA) is 61.4 Å². The highest BCUT2D eigenvalue weighted by Gasteiger charge is 2.51. The molecule has 0 aromatic heterocycles. The van der Waals surface area contributed by atoms with Gasteiger partial charge in [0.2, 0.25) is 0 Å². The van der Waals surface area contributed by atoms with Crippen LogP contribution in [-0.4, -0.2) is 42.0 Å². The number of nitrogens with one attached hydrogen (secondary N) is 2. The van der Waals surface area contributed by atoms with Crippen molar-refractivity contribution in [3.8, 4) is 0 Å². The van der Waals surface area contributed by atoms with E-state index in [9.17, 15) is 9.59 Å². The normalized spacial score (nSPS) is 22.5. The number of nitrogens with zero attached hydrogens (tertiary/aromatic N) is 1. The molecule has 0 bridgehead atoms. The Balaban J connectivity index is 2.16. The summed E-state index contributed by atoms with van der Waals surface area (Å²) in [6.45, 7) is 9.03. The van der Waals surface area contributed by atoms with Crippen molar-refractivity contribution in [2.75, 3.05) is 19.6 Å². The van der Waals surface area contributed by atoms with Crippen LogP contribution < -0.4 is 10.6 Å². The molecule has 2 rings (SSSR count). The Hall–Kier alpha value is -1.88. The Bertz CT molecular complexity index is 448. The summed E-state index contributed by atoms with van der Waals surface area (Å²) in [7, 11) is 0. The molecular formula is C14H19N3O2. The van der Waals surface area contributed by atoms with Gasteiger partial charge in [0.05, 0.1) is 6.54 Å². The van der Waals surface area contributed by atoms with E-state index in [1.165, 1.54) is 4.90 Å². The predicted octanol–water partition coefficient (Wildman–Crippen LogP) is 0.959. The van der Waals surface area contributed by atoms with Crippen molar-refractivity contribution >= 4 is 11.9 Å². The molecule has 0 aromatic carbocycles. The molecule has 0 saturated carbocycles. The Morgan fingerprint density at radius 1 is 1.32 bits per heavy atom. The maximum absolute atomic E-state index is 12.5. The Morgan fingerprint density at radius 2 is 2.00 bits per heavy atom. The quantitative estimate of drug-likeness (QED) is 0.585. The third-order valence-electron chi connectivity index (χ3n) is 3.64. The molecule has 2 N–H and O–H groups in total. The SMILES string of the molecule is C=C/C=C(\C=C)CN1C(=O)NC2(CCNCC2)C1=O. The van der Waals surface area contributed by atoms with Crippen LogP contribution in [0.4, 0.5) is 4.79 Å². The number of amides is 3. The minimum atomic E-state index is -0.706. The van der Waals surface area contributed by atoms with Gasteiger partial charge in [0.1, 0.15) is 5.54 Å². The highest BCUT2D eigenvalue weighted by molar-refractivity contribution is 6.07. The van der Waals surface area contributed by atoms with Crippen molar-refractivity contribution in [3.63, 3.8) is 0 Å². The first-order chi connectivity index (χ1) is 9.13. The highest BCUT2D eigenvalue weighted by atomic mass is 16.2. The van der Waals surface area contributed by atoms with Gasteiger partial charge in [-0.1, -0.05) is 31.4 Å². The third kappa shape index (κ3) is 2.46. The van der Waals surface area contributed by atoms with Crippen LogP contribution in [-0.2, 0) is 4.79 Å². The van der Waals surface area contributed by atoms with Crippen LogP contribution in [0.5, 0.6) is 0 Å². The van der Waals surface area contributed by atoms with Crippen molar-refractivity contribution in [3.05, 3.63) is 37.0 Å². The van der Waals surface area contributed by atoms with Gasteiger partial charge in [0.25, 0.3) is 5.91 Å². The summed E-state index contributed by atoms with van der Waals surface area (Å²) in [5, 5.41) is 6.05. The molecule has 0 atom stereocenters. The van der Waals surface area contributed by atoms with Gasteiger partial charge in [-0.05, 0) is 31.5 Å². The van der Waals surface area contributed by atoms with E-state index in [0.717, 1.165) is 18.7 Å². The number of imide groups is 1. The summed E-state index contributed by atoms with van der Waals surface area (Å²) in [4.78, 5) is 25.7. The predicted molar refractivity (Wildman–Crippen MR) is 73.6 cm³/mol. The molecule has 0 aromatic rings. The summed E-state index contributed by atoms with van der Waals surface area (Å²) in [6.07, 6.45) is 6.29. The van der Waals surface area contributed by atoms with Crippen molar-refractivity contribution in [1.29, 1.82) is 0 Å². The number of carbonyl (C=O) groups excluding carboxylic acids is 2. The Labute approximate surface area is 113 Å². The monoisotopic (exact) mass is 261 g/mol. The van der Waals surface area contributed by atoms with Crippen molar-refractivity contribution < 1.29 is 9.59 Å². The summed E-state index contributed by atoms with van der Waals surface area (Å²) in [5.74, 6) is -0.129. The van der Waals surface area contributed by atoms with Gasteiger partial charge in [-0.3, -0.25) is 9.69 Å². The molecule has 2 saturated heterocycles. The molecule has 2 fully saturated rings. The lowest BCUT2D eigenvalue weighted by atomic mass is 9.88. The smallest absolute Gasteiger partial charge is 0.323 e. The van der Waals surface area contributed by atoms with Gasteiger partial charge in [-0.15, -0.1) is 0 Å². The van der Waals surface area contributed by atoms with Crippen LogP contribution in [0.25, 0.3) is 0 Å². The van der Waals surface area contributed by atoms with Crippen LogP contribution in [0, 0.1) is 0 Å². The van der Waals surface area contributed by atoms with Crippen LogP contribution in [0.2, 0.25) is 0 Å². The number of hydrogen-bond acceptors (Lipinski definition) is 3. The fourth-order valence-corrected chi connectivity index (χ4v) is 2.53. The Kier molecular flexibility index (Phi) is 3.85. The molecule has 3 amide bonds. The fraction of sp³-hybridized carbons (Fsp3) is 0.429. The molecule has 1 spiro atoms. The van der Waals surface area contributed by atoms with E-state index in [-0.39, 0.29) is 18.5 Å². The lowest BCUT2D eigenvalue weighted by Crippen LogP contribution is -2.53. The summed E-state index contributed by atoms with van der Waals surface area (Å²) >= 11 is 0. The molecule has 5 nitrogen and oxygen atoms in total. The van der Waals surface area contributed by atoms with Crippen LogP contribution in [0.1, 0.15) is 12.8 Å². The van der Waals surface area contributed by atoms with E-state index < -0.39 is 5.54 Å². The van der Waals surface area contributed by atoms with E-state index in [1.54, 1.807) is 18.2 Å². The molecule has 2 aliphatic heterocycles. The molecular weight excluding hydrogens is 242 g/mol. The number of urea groups is 1. The first-order valence-electron chi connectivity index (χ1n) is 6.42. The van der Waals surface area contributed by atoms with Crippen LogP contribution in [0.15, 0.2) is 37.0 Å². The molecule has 0 unspecified atom stereocenters. The van der Waals surface area contributed by atoms with Gasteiger partial charge in [-0.2, -0.15) is 0 Å². The van der Waals surface area contributed by atoms with Gasteiger partial charge in [-0.25, -0.2) is 4.79 Å². The van der Waals surface area contributed by atoms with Crippen LogP contribution in [0.3, 0.4) is 0 Å². The van der Waals surface area contributed by atoms with Crippen molar-refractivity contribution in [1.82, 2.24) is 15.5 Å². The van der Waals surface area contributed by atoms with E-state index >= 15 is 0 Å². The van der Waals surface area contributed by atoms with E-state index in [0.29, 0.717) is 12.8 Å². The summed E-state index contributed by atoms with van der Waals surface area (Å²) < 4.78 is 0. The summed E-state index contributed by atoms with van der Waals surface area (Å²) in [6, 6.07) is -0.316. The van der Waals surface area contributed by atoms with Gasteiger partial charge >= 0.3 is 6.03 Å². The van der Waals surface area contributed by atoms with Gasteiger partial charge in [0.15, 0.2) is 0 Å². The van der Waals surface area contributed by atoms with Gasteiger partial charge in [0, 0.05) is 0 Å². The number of hydrogen-bond donors (Lipinski definition) is 2. The minimum absolute atomic E-state index is 0.129. The number of rotatable bonds is 4. The maximum atomic E-state index is 12.5. The molecule has 0 aliphatic carbocycles. The zero-order valence-corrected chi connectivity index (χ0v) is 10.9. The molecule has 102 valence electrons. The molecule has 5 heteroatoms. The molecule has 19 heavy (non-hydrogen) atoms. The number of piperidine rings is 1. The highest BCUT2D eigenvalue weighted by Crippen LogP contribution is 2.27.